The zero-order chi connectivity index (χ0) is 25.9. The average molecular weight is 511 g/mol. The van der Waals surface area contributed by atoms with Gasteiger partial charge >= 0.3 is 17.7 Å². The second kappa shape index (κ2) is 10.9. The molecular formula is C26H34N6O5. The lowest BCUT2D eigenvalue weighted by Gasteiger charge is -2.24. The van der Waals surface area contributed by atoms with Gasteiger partial charge in [0.1, 0.15) is 12.6 Å². The molecule has 0 spiro atoms. The fourth-order valence-corrected chi connectivity index (χ4v) is 5.61. The predicted octanol–water partition coefficient (Wildman–Crippen LogP) is 3.31. The summed E-state index contributed by atoms with van der Waals surface area (Å²) in [7, 11) is 0. The molecule has 0 radical (unpaired) electrons. The van der Waals surface area contributed by atoms with Gasteiger partial charge in [0.05, 0.1) is 11.5 Å². The first kappa shape index (κ1) is 25.2. The number of nitrogens with two attached hydrogens (primary N) is 1. The van der Waals surface area contributed by atoms with Crippen molar-refractivity contribution in [1.29, 1.82) is 0 Å². The Labute approximate surface area is 216 Å². The highest BCUT2D eigenvalue weighted by Crippen LogP contribution is 2.52. The highest BCUT2D eigenvalue weighted by Gasteiger charge is 2.47. The summed E-state index contributed by atoms with van der Waals surface area (Å²) in [5, 5.41) is 12.0. The normalized spacial score (nSPS) is 22.5. The van der Waals surface area contributed by atoms with Crippen LogP contribution in [0.2, 0.25) is 0 Å². The fourth-order valence-electron chi connectivity index (χ4n) is 5.61. The number of fused-ring (bicyclic) bond motifs is 1. The lowest BCUT2D eigenvalue weighted by atomic mass is 10.1. The summed E-state index contributed by atoms with van der Waals surface area (Å²) in [5.74, 6) is 0.528. The van der Waals surface area contributed by atoms with Gasteiger partial charge in [-0.3, -0.25) is 19.8 Å². The molecule has 0 bridgehead atoms. The molecule has 5 rings (SSSR count). The Hall–Kier alpha value is -3.47. The topological polar surface area (TPSA) is 137 Å². The van der Waals surface area contributed by atoms with Gasteiger partial charge in [0, 0.05) is 13.1 Å². The lowest BCUT2D eigenvalue weighted by molar-refractivity contribution is -0.383. The Kier molecular flexibility index (Phi) is 7.40. The Balaban J connectivity index is 1.43. The van der Waals surface area contributed by atoms with Crippen LogP contribution in [-0.2, 0) is 22.6 Å². The molecule has 11 nitrogen and oxygen atoms in total. The van der Waals surface area contributed by atoms with E-state index >= 15 is 0 Å². The Bertz CT molecular complexity index is 1140. The van der Waals surface area contributed by atoms with Gasteiger partial charge in [-0.15, -0.1) is 0 Å². The molecule has 37 heavy (non-hydrogen) atoms. The third kappa shape index (κ3) is 6.10. The quantitative estimate of drug-likeness (QED) is 0.272. The van der Waals surface area contributed by atoms with E-state index in [-0.39, 0.29) is 43.4 Å². The summed E-state index contributed by atoms with van der Waals surface area (Å²) in [4.78, 5) is 36.4. The summed E-state index contributed by atoms with van der Waals surface area (Å²) in [6.45, 7) is 4.89. The number of rotatable bonds is 11. The summed E-state index contributed by atoms with van der Waals surface area (Å²) in [6, 6.07) is 8.03. The van der Waals surface area contributed by atoms with E-state index < -0.39 is 16.6 Å². The van der Waals surface area contributed by atoms with Gasteiger partial charge < -0.3 is 20.1 Å². The molecule has 198 valence electrons. The van der Waals surface area contributed by atoms with Crippen molar-refractivity contribution in [2.45, 2.75) is 58.2 Å². The highest BCUT2D eigenvalue weighted by molar-refractivity contribution is 5.78. The van der Waals surface area contributed by atoms with Gasteiger partial charge in [-0.2, -0.15) is 9.97 Å². The van der Waals surface area contributed by atoms with Gasteiger partial charge in [0.15, 0.2) is 0 Å². The monoisotopic (exact) mass is 510 g/mol. The number of nitrogens with zero attached hydrogens (tertiary/aromatic N) is 5. The molecule has 11 heteroatoms. The maximum Gasteiger partial charge on any atom is 0.353 e. The molecule has 2 N–H and O–H groups in total. The standard InChI is InChI=1S/C26H34N6O5/c1-2-36-22(33)16-31(15-18-7-5-6-17(10-18)14-30-8-3-4-9-30)25-23(32(34)35)24(27)28-26(29-25)37-21-12-19-11-20(19)13-21/h5-7,10,19-21H,2-4,8-9,11-16H2,1H3,(H2,27,28,29)/t19-,20+,21+. The Morgan fingerprint density at radius 3 is 2.62 bits per heavy atom. The van der Waals surface area contributed by atoms with Gasteiger partial charge in [-0.25, -0.2) is 0 Å². The van der Waals surface area contributed by atoms with Crippen LogP contribution in [0.1, 0.15) is 50.2 Å². The largest absolute Gasteiger partial charge is 0.465 e. The molecule has 1 saturated heterocycles. The predicted molar refractivity (Wildman–Crippen MR) is 137 cm³/mol. The first-order valence-electron chi connectivity index (χ1n) is 13.1. The molecular weight excluding hydrogens is 476 g/mol. The highest BCUT2D eigenvalue weighted by atomic mass is 16.6. The van der Waals surface area contributed by atoms with Crippen molar-refractivity contribution in [2.75, 3.05) is 36.9 Å². The Morgan fingerprint density at radius 2 is 1.92 bits per heavy atom. The number of hydrogen-bond acceptors (Lipinski definition) is 10. The number of aromatic nitrogens is 2. The summed E-state index contributed by atoms with van der Waals surface area (Å²) >= 11 is 0. The number of hydrogen-bond donors (Lipinski definition) is 1. The van der Waals surface area contributed by atoms with Gasteiger partial charge in [0.25, 0.3) is 0 Å². The second-order valence-electron chi connectivity index (χ2n) is 10.3. The van der Waals surface area contributed by atoms with Crippen LogP contribution in [-0.4, -0.2) is 58.1 Å². The molecule has 0 unspecified atom stereocenters. The molecule has 0 amide bonds. The zero-order valence-electron chi connectivity index (χ0n) is 21.2. The van der Waals surface area contributed by atoms with Gasteiger partial charge in [-0.05, 0) is 75.1 Å². The van der Waals surface area contributed by atoms with E-state index in [1.54, 1.807) is 6.92 Å². The van der Waals surface area contributed by atoms with Crippen molar-refractivity contribution in [1.82, 2.24) is 14.9 Å². The third-order valence-electron chi connectivity index (χ3n) is 7.42. The zero-order valence-corrected chi connectivity index (χ0v) is 21.2. The average Bonchev–Trinajstić information content (AvgIpc) is 3.19. The molecule has 3 aliphatic rings. The number of nitrogen functional groups attached to an aromatic ring is 1. The number of likely N-dealkylation sites (tertiary alicyclic amines) is 1. The maximum absolute atomic E-state index is 12.5. The molecule has 1 aromatic heterocycles. The van der Waals surface area contributed by atoms with E-state index in [9.17, 15) is 14.9 Å². The van der Waals surface area contributed by atoms with Crippen molar-refractivity contribution >= 4 is 23.3 Å². The minimum atomic E-state index is -0.610. The molecule has 3 atom stereocenters. The fraction of sp³-hybridized carbons (Fsp3) is 0.577. The number of benzene rings is 1. The van der Waals surface area contributed by atoms with Gasteiger partial charge in [0.2, 0.25) is 11.6 Å². The van der Waals surface area contributed by atoms with Crippen LogP contribution in [0.5, 0.6) is 6.01 Å². The van der Waals surface area contributed by atoms with Gasteiger partial charge in [-0.1, -0.05) is 24.3 Å². The summed E-state index contributed by atoms with van der Waals surface area (Å²) in [6.07, 6.45) is 5.47. The molecule has 3 fully saturated rings. The van der Waals surface area contributed by atoms with Crippen LogP contribution in [0.4, 0.5) is 17.3 Å². The molecule has 1 aromatic carbocycles. The number of nitro groups is 1. The van der Waals surface area contributed by atoms with E-state index in [0.29, 0.717) is 11.8 Å². The van der Waals surface area contributed by atoms with Crippen LogP contribution >= 0.6 is 0 Å². The molecule has 1 aliphatic heterocycles. The van der Waals surface area contributed by atoms with E-state index in [0.717, 1.165) is 43.6 Å². The van der Waals surface area contributed by atoms with Crippen LogP contribution in [0.15, 0.2) is 24.3 Å². The van der Waals surface area contributed by atoms with E-state index in [4.69, 9.17) is 15.2 Å². The number of carbonyl (C=O) groups is 1. The van der Waals surface area contributed by atoms with E-state index in [2.05, 4.69) is 27.0 Å². The molecule has 2 aliphatic carbocycles. The minimum absolute atomic E-state index is 0.000966. The minimum Gasteiger partial charge on any atom is -0.465 e. The summed E-state index contributed by atoms with van der Waals surface area (Å²) < 4.78 is 11.2. The number of carbonyl (C=O) groups excluding carboxylic acids is 1. The van der Waals surface area contributed by atoms with Crippen molar-refractivity contribution in [3.63, 3.8) is 0 Å². The summed E-state index contributed by atoms with van der Waals surface area (Å²) in [5.41, 5.74) is 7.65. The van der Waals surface area contributed by atoms with Crippen molar-refractivity contribution < 1.29 is 19.2 Å². The number of anilines is 2. The molecule has 2 heterocycles. The SMILES string of the molecule is CCOC(=O)CN(Cc1cccc(CN2CCCC2)c1)c1nc(O[C@@H]2C[C@@H]3C[C@@H]3C2)nc(N)c1[N+](=O)[O-]. The lowest BCUT2D eigenvalue weighted by Crippen LogP contribution is -2.32. The van der Waals surface area contributed by atoms with E-state index in [1.165, 1.54) is 24.2 Å². The van der Waals surface area contributed by atoms with Crippen molar-refractivity contribution in [3.05, 3.63) is 45.5 Å². The van der Waals surface area contributed by atoms with Crippen molar-refractivity contribution in [2.24, 2.45) is 11.8 Å². The third-order valence-corrected chi connectivity index (χ3v) is 7.42. The second-order valence-corrected chi connectivity index (χ2v) is 10.3. The first-order valence-corrected chi connectivity index (χ1v) is 13.1. The number of ether oxygens (including phenoxy) is 2. The molecule has 2 aromatic rings. The van der Waals surface area contributed by atoms with Crippen LogP contribution in [0.25, 0.3) is 0 Å². The van der Waals surface area contributed by atoms with Crippen molar-refractivity contribution in [3.8, 4) is 6.01 Å². The molecule has 2 saturated carbocycles. The maximum atomic E-state index is 12.5. The number of esters is 1. The van der Waals surface area contributed by atoms with Crippen LogP contribution in [0, 0.1) is 22.0 Å². The van der Waals surface area contributed by atoms with Crippen LogP contribution < -0.4 is 15.4 Å². The Morgan fingerprint density at radius 1 is 1.19 bits per heavy atom. The van der Waals surface area contributed by atoms with E-state index in [1.807, 2.05) is 12.1 Å². The smallest absolute Gasteiger partial charge is 0.353 e. The first-order chi connectivity index (χ1) is 17.9. The van der Waals surface area contributed by atoms with Crippen LogP contribution in [0.3, 0.4) is 0 Å².